The second-order valence-electron chi connectivity index (χ2n) is 3.43. The molecule has 0 saturated heterocycles. The van der Waals surface area contributed by atoms with E-state index in [4.69, 9.17) is 10.2 Å². The Bertz CT molecular complexity index is 217. The first-order valence-electron chi connectivity index (χ1n) is 5.21. The second kappa shape index (κ2) is 7.23. The maximum atomic E-state index is 10.9. The van der Waals surface area contributed by atoms with Crippen LogP contribution in [0.5, 0.6) is 0 Å². The summed E-state index contributed by atoms with van der Waals surface area (Å²) in [7, 11) is 0. The van der Waals surface area contributed by atoms with E-state index >= 15 is 0 Å². The molecule has 0 aromatic carbocycles. The fourth-order valence-corrected chi connectivity index (χ4v) is 1.43. The molecule has 0 fully saturated rings. The van der Waals surface area contributed by atoms with E-state index in [9.17, 15) is 9.59 Å². The fraction of sp³-hybridized carbons (Fsp3) is 0.800. The fourth-order valence-electron chi connectivity index (χ4n) is 1.43. The highest BCUT2D eigenvalue weighted by Gasteiger charge is 2.26. The van der Waals surface area contributed by atoms with Crippen molar-refractivity contribution in [1.29, 1.82) is 0 Å². The Morgan fingerprint density at radius 3 is 2.20 bits per heavy atom. The highest BCUT2D eigenvalue weighted by atomic mass is 16.4. The summed E-state index contributed by atoms with van der Waals surface area (Å²) in [5.74, 6) is -2.13. The van der Waals surface area contributed by atoms with Crippen LogP contribution in [0, 0.1) is 0 Å². The van der Waals surface area contributed by atoms with Gasteiger partial charge in [0.25, 0.3) is 0 Å². The number of carboxylic acids is 2. The lowest BCUT2D eigenvalue weighted by Crippen LogP contribution is -2.43. The molecule has 0 saturated carbocycles. The van der Waals surface area contributed by atoms with Gasteiger partial charge in [-0.2, -0.15) is 0 Å². The van der Waals surface area contributed by atoms with E-state index in [1.807, 2.05) is 13.8 Å². The normalized spacial score (nSPS) is 12.7. The van der Waals surface area contributed by atoms with Gasteiger partial charge in [-0.15, -0.1) is 0 Å². The molecule has 0 amide bonds. The molecule has 0 aromatic heterocycles. The maximum Gasteiger partial charge on any atom is 0.321 e. The minimum Gasteiger partial charge on any atom is -0.481 e. The third-order valence-corrected chi connectivity index (χ3v) is 2.30. The van der Waals surface area contributed by atoms with Gasteiger partial charge in [0.15, 0.2) is 0 Å². The van der Waals surface area contributed by atoms with E-state index in [0.29, 0.717) is 13.1 Å². The summed E-state index contributed by atoms with van der Waals surface area (Å²) in [6.45, 7) is 5.05. The van der Waals surface area contributed by atoms with Gasteiger partial charge < -0.3 is 10.2 Å². The number of likely N-dealkylation sites (N-methyl/N-ethyl adjacent to an activating group) is 1. The van der Waals surface area contributed by atoms with Crippen molar-refractivity contribution in [2.75, 3.05) is 13.1 Å². The second-order valence-corrected chi connectivity index (χ2v) is 3.43. The van der Waals surface area contributed by atoms with Crippen LogP contribution in [0.4, 0.5) is 0 Å². The lowest BCUT2D eigenvalue weighted by molar-refractivity contribution is -0.149. The van der Waals surface area contributed by atoms with Crippen molar-refractivity contribution in [2.45, 2.75) is 39.2 Å². The Labute approximate surface area is 89.7 Å². The Morgan fingerprint density at radius 2 is 1.87 bits per heavy atom. The highest BCUT2D eigenvalue weighted by Crippen LogP contribution is 2.07. The van der Waals surface area contributed by atoms with Gasteiger partial charge in [0.2, 0.25) is 0 Å². The van der Waals surface area contributed by atoms with Gasteiger partial charge in [-0.3, -0.25) is 14.5 Å². The topological polar surface area (TPSA) is 77.8 Å². The van der Waals surface area contributed by atoms with Gasteiger partial charge in [0, 0.05) is 0 Å². The number of carboxylic acid groups (broad SMARTS) is 2. The van der Waals surface area contributed by atoms with Crippen LogP contribution >= 0.6 is 0 Å². The summed E-state index contributed by atoms with van der Waals surface area (Å²) in [6.07, 6.45) is 1.51. The van der Waals surface area contributed by atoms with Crippen LogP contribution in [0.2, 0.25) is 0 Å². The summed E-state index contributed by atoms with van der Waals surface area (Å²) in [5.41, 5.74) is 0. The molecule has 0 radical (unpaired) electrons. The molecular formula is C10H19NO4. The summed E-state index contributed by atoms with van der Waals surface area (Å²) in [5, 5.41) is 17.5. The molecular weight excluding hydrogens is 198 g/mol. The van der Waals surface area contributed by atoms with Crippen molar-refractivity contribution in [1.82, 2.24) is 4.90 Å². The largest absolute Gasteiger partial charge is 0.481 e. The average Bonchev–Trinajstić information content (AvgIpc) is 2.16. The minimum atomic E-state index is -1.07. The smallest absolute Gasteiger partial charge is 0.321 e. The summed E-state index contributed by atoms with van der Waals surface area (Å²) in [6, 6.07) is -0.904. The predicted molar refractivity (Wildman–Crippen MR) is 55.8 cm³/mol. The van der Waals surface area contributed by atoms with E-state index in [2.05, 4.69) is 0 Å². The van der Waals surface area contributed by atoms with Crippen LogP contribution in [0.15, 0.2) is 0 Å². The third kappa shape index (κ3) is 5.37. The summed E-state index contributed by atoms with van der Waals surface area (Å²) in [4.78, 5) is 23.1. The molecule has 0 bridgehead atoms. The van der Waals surface area contributed by atoms with Gasteiger partial charge in [-0.25, -0.2) is 0 Å². The van der Waals surface area contributed by atoms with E-state index in [1.165, 1.54) is 0 Å². The van der Waals surface area contributed by atoms with Gasteiger partial charge in [0.1, 0.15) is 6.04 Å². The number of nitrogens with zero attached hydrogens (tertiary/aromatic N) is 1. The SMILES string of the molecule is CCCCN(CC)[C@@H](CC(=O)O)C(=O)O. The average molecular weight is 217 g/mol. The minimum absolute atomic E-state index is 0.340. The molecule has 5 heteroatoms. The first kappa shape index (κ1) is 13.9. The maximum absolute atomic E-state index is 10.9. The monoisotopic (exact) mass is 217 g/mol. The highest BCUT2D eigenvalue weighted by molar-refractivity contribution is 5.80. The quantitative estimate of drug-likeness (QED) is 0.635. The van der Waals surface area contributed by atoms with Gasteiger partial charge in [-0.05, 0) is 19.5 Å². The van der Waals surface area contributed by atoms with Crippen molar-refractivity contribution < 1.29 is 19.8 Å². The molecule has 0 aromatic rings. The molecule has 0 heterocycles. The van der Waals surface area contributed by atoms with Crippen molar-refractivity contribution >= 4 is 11.9 Å². The Hall–Kier alpha value is -1.10. The van der Waals surface area contributed by atoms with Crippen LogP contribution in [0.25, 0.3) is 0 Å². The zero-order chi connectivity index (χ0) is 11.8. The predicted octanol–water partition coefficient (Wildman–Crippen LogP) is 1.04. The van der Waals surface area contributed by atoms with Crippen molar-refractivity contribution in [3.05, 3.63) is 0 Å². The lowest BCUT2D eigenvalue weighted by Gasteiger charge is -2.26. The molecule has 2 N–H and O–H groups in total. The molecule has 88 valence electrons. The number of hydrogen-bond donors (Lipinski definition) is 2. The Balaban J connectivity index is 4.40. The standard InChI is InChI=1S/C10H19NO4/c1-3-5-6-11(4-2)8(10(14)15)7-9(12)13/h8H,3-7H2,1-2H3,(H,12,13)(H,14,15)/t8-/m0/s1. The molecule has 0 aliphatic heterocycles. The van der Waals surface area contributed by atoms with Crippen LogP contribution in [0.1, 0.15) is 33.1 Å². The number of aliphatic carboxylic acids is 2. The molecule has 0 aliphatic rings. The van der Waals surface area contributed by atoms with Crippen molar-refractivity contribution in [3.8, 4) is 0 Å². The van der Waals surface area contributed by atoms with Crippen LogP contribution in [-0.2, 0) is 9.59 Å². The zero-order valence-corrected chi connectivity index (χ0v) is 9.27. The first-order valence-corrected chi connectivity index (χ1v) is 5.21. The van der Waals surface area contributed by atoms with Gasteiger partial charge >= 0.3 is 11.9 Å². The number of rotatable bonds is 8. The lowest BCUT2D eigenvalue weighted by atomic mass is 10.1. The molecule has 0 aliphatic carbocycles. The zero-order valence-electron chi connectivity index (χ0n) is 9.27. The molecule has 0 rings (SSSR count). The van der Waals surface area contributed by atoms with E-state index < -0.39 is 18.0 Å². The molecule has 15 heavy (non-hydrogen) atoms. The summed E-state index contributed by atoms with van der Waals surface area (Å²) < 4.78 is 0. The first-order chi connectivity index (χ1) is 7.02. The molecule has 1 atom stereocenters. The van der Waals surface area contributed by atoms with Gasteiger partial charge in [0.05, 0.1) is 6.42 Å². The van der Waals surface area contributed by atoms with E-state index in [0.717, 1.165) is 12.8 Å². The van der Waals surface area contributed by atoms with E-state index in [1.54, 1.807) is 4.90 Å². The third-order valence-electron chi connectivity index (χ3n) is 2.30. The number of unbranched alkanes of at least 4 members (excludes halogenated alkanes) is 1. The van der Waals surface area contributed by atoms with Crippen LogP contribution in [-0.4, -0.2) is 46.2 Å². The van der Waals surface area contributed by atoms with Crippen molar-refractivity contribution in [2.24, 2.45) is 0 Å². The Morgan fingerprint density at radius 1 is 1.27 bits per heavy atom. The van der Waals surface area contributed by atoms with Crippen LogP contribution in [0.3, 0.4) is 0 Å². The summed E-state index contributed by atoms with van der Waals surface area (Å²) >= 11 is 0. The van der Waals surface area contributed by atoms with Gasteiger partial charge in [-0.1, -0.05) is 20.3 Å². The van der Waals surface area contributed by atoms with Crippen LogP contribution < -0.4 is 0 Å². The van der Waals surface area contributed by atoms with E-state index in [-0.39, 0.29) is 6.42 Å². The number of hydrogen-bond acceptors (Lipinski definition) is 3. The molecule has 0 spiro atoms. The number of carbonyl (C=O) groups is 2. The van der Waals surface area contributed by atoms with Crippen molar-refractivity contribution in [3.63, 3.8) is 0 Å². The Kier molecular flexibility index (Phi) is 6.70. The molecule has 5 nitrogen and oxygen atoms in total. The molecule has 0 unspecified atom stereocenters.